The van der Waals surface area contributed by atoms with Crippen molar-refractivity contribution in [3.8, 4) is 0 Å². The highest BCUT2D eigenvalue weighted by Gasteiger charge is 2.19. The number of rotatable bonds is 4. The van der Waals surface area contributed by atoms with E-state index >= 15 is 0 Å². The molecule has 0 amide bonds. The number of benzene rings is 1. The zero-order valence-corrected chi connectivity index (χ0v) is 13.2. The predicted octanol–water partition coefficient (Wildman–Crippen LogP) is 3.50. The number of nitrogens with zero attached hydrogens (tertiary/aromatic N) is 3. The molecule has 3 rings (SSSR count). The minimum Gasteiger partial charge on any atom is -0.348 e. The highest BCUT2D eigenvalue weighted by atomic mass is 14.9. The first-order valence-electron chi connectivity index (χ1n) is 7.47. The Labute approximate surface area is 130 Å². The summed E-state index contributed by atoms with van der Waals surface area (Å²) in [6, 6.07) is 6.45. The van der Waals surface area contributed by atoms with Gasteiger partial charge in [-0.1, -0.05) is 18.2 Å². The van der Waals surface area contributed by atoms with Crippen molar-refractivity contribution in [3.05, 3.63) is 76.9 Å². The summed E-state index contributed by atoms with van der Waals surface area (Å²) in [5.41, 5.74) is 6.99. The summed E-state index contributed by atoms with van der Waals surface area (Å²) in [4.78, 5) is 16.3. The maximum absolute atomic E-state index is 4.60. The number of aryl methyl sites for hydroxylation is 2. The SMILES string of the molecule is Cc1cncc(C[C@H](c2cnc[nH]2)c2cccc(C)c2C)n1. The third-order valence-corrected chi connectivity index (χ3v) is 4.13. The van der Waals surface area contributed by atoms with Gasteiger partial charge in [-0.2, -0.15) is 0 Å². The highest BCUT2D eigenvalue weighted by molar-refractivity contribution is 5.39. The average Bonchev–Trinajstić information content (AvgIpc) is 3.02. The minimum absolute atomic E-state index is 0.207. The largest absolute Gasteiger partial charge is 0.348 e. The van der Waals surface area contributed by atoms with Crippen LogP contribution in [0.25, 0.3) is 0 Å². The molecule has 1 aromatic carbocycles. The number of hydrogen-bond acceptors (Lipinski definition) is 3. The lowest BCUT2D eigenvalue weighted by molar-refractivity contribution is 0.746. The second-order valence-electron chi connectivity index (χ2n) is 5.70. The number of aromatic nitrogens is 4. The Hall–Kier alpha value is -2.49. The van der Waals surface area contributed by atoms with Gasteiger partial charge >= 0.3 is 0 Å². The fourth-order valence-corrected chi connectivity index (χ4v) is 2.82. The summed E-state index contributed by atoms with van der Waals surface area (Å²) < 4.78 is 0. The molecule has 0 radical (unpaired) electrons. The molecular weight excluding hydrogens is 272 g/mol. The van der Waals surface area contributed by atoms with Crippen LogP contribution in [-0.2, 0) is 6.42 Å². The van der Waals surface area contributed by atoms with Crippen LogP contribution in [-0.4, -0.2) is 19.9 Å². The third kappa shape index (κ3) is 2.91. The first-order chi connectivity index (χ1) is 10.6. The lowest BCUT2D eigenvalue weighted by Crippen LogP contribution is -2.10. The minimum atomic E-state index is 0.207. The molecule has 0 fully saturated rings. The fourth-order valence-electron chi connectivity index (χ4n) is 2.82. The maximum atomic E-state index is 4.60. The van der Waals surface area contributed by atoms with Crippen LogP contribution in [0.2, 0.25) is 0 Å². The summed E-state index contributed by atoms with van der Waals surface area (Å²) in [6.45, 7) is 6.30. The Balaban J connectivity index is 2.03. The Morgan fingerprint density at radius 2 is 1.91 bits per heavy atom. The molecule has 0 saturated carbocycles. The van der Waals surface area contributed by atoms with Gasteiger partial charge in [-0.3, -0.25) is 9.97 Å². The number of imidazole rings is 1. The van der Waals surface area contributed by atoms with Crippen LogP contribution in [0, 0.1) is 20.8 Å². The Morgan fingerprint density at radius 1 is 1.05 bits per heavy atom. The van der Waals surface area contributed by atoms with Crippen molar-refractivity contribution in [2.24, 2.45) is 0 Å². The smallest absolute Gasteiger partial charge is 0.0921 e. The van der Waals surface area contributed by atoms with Gasteiger partial charge in [-0.05, 0) is 37.5 Å². The van der Waals surface area contributed by atoms with Gasteiger partial charge in [0, 0.05) is 36.6 Å². The van der Waals surface area contributed by atoms with E-state index in [9.17, 15) is 0 Å². The molecule has 4 heteroatoms. The van der Waals surface area contributed by atoms with Crippen LogP contribution in [0.5, 0.6) is 0 Å². The summed E-state index contributed by atoms with van der Waals surface area (Å²) >= 11 is 0. The second kappa shape index (κ2) is 6.10. The Kier molecular flexibility index (Phi) is 4.00. The summed E-state index contributed by atoms with van der Waals surface area (Å²) in [5.74, 6) is 0.207. The van der Waals surface area contributed by atoms with Crippen LogP contribution in [0.4, 0.5) is 0 Å². The molecule has 3 aromatic rings. The van der Waals surface area contributed by atoms with E-state index in [-0.39, 0.29) is 5.92 Å². The molecule has 0 aliphatic rings. The van der Waals surface area contributed by atoms with Crippen molar-refractivity contribution in [2.75, 3.05) is 0 Å². The van der Waals surface area contributed by atoms with Gasteiger partial charge in [0.25, 0.3) is 0 Å². The first-order valence-corrected chi connectivity index (χ1v) is 7.47. The van der Waals surface area contributed by atoms with Gasteiger partial charge in [0.15, 0.2) is 0 Å². The van der Waals surface area contributed by atoms with Crippen LogP contribution < -0.4 is 0 Å². The number of hydrogen-bond donors (Lipinski definition) is 1. The van der Waals surface area contributed by atoms with Crippen LogP contribution in [0.3, 0.4) is 0 Å². The van der Waals surface area contributed by atoms with Crippen molar-refractivity contribution in [2.45, 2.75) is 33.1 Å². The lowest BCUT2D eigenvalue weighted by atomic mass is 9.87. The van der Waals surface area contributed by atoms with Gasteiger partial charge in [0.05, 0.1) is 17.7 Å². The molecule has 112 valence electrons. The van der Waals surface area contributed by atoms with Crippen molar-refractivity contribution < 1.29 is 0 Å². The van der Waals surface area contributed by atoms with Crippen LogP contribution in [0.15, 0.2) is 43.1 Å². The zero-order valence-electron chi connectivity index (χ0n) is 13.2. The summed E-state index contributed by atoms with van der Waals surface area (Å²) in [6.07, 6.45) is 8.07. The molecule has 4 nitrogen and oxygen atoms in total. The standard InChI is InChI=1S/C18H20N4/c1-12-5-4-6-16(14(12)3)17(18-10-20-11-21-18)7-15-9-19-8-13(2)22-15/h4-6,8-11,17H,7H2,1-3H3,(H,20,21)/t17-/m0/s1. The van der Waals surface area contributed by atoms with E-state index in [4.69, 9.17) is 0 Å². The lowest BCUT2D eigenvalue weighted by Gasteiger charge is -2.19. The van der Waals surface area contributed by atoms with E-state index in [1.54, 1.807) is 12.5 Å². The normalized spacial score (nSPS) is 12.3. The van der Waals surface area contributed by atoms with Gasteiger partial charge < -0.3 is 4.98 Å². The van der Waals surface area contributed by atoms with E-state index in [0.29, 0.717) is 0 Å². The average molecular weight is 292 g/mol. The molecule has 2 aromatic heterocycles. The predicted molar refractivity (Wildman–Crippen MR) is 86.8 cm³/mol. The summed E-state index contributed by atoms with van der Waals surface area (Å²) in [5, 5.41) is 0. The molecule has 0 unspecified atom stereocenters. The molecule has 0 spiro atoms. The highest BCUT2D eigenvalue weighted by Crippen LogP contribution is 2.30. The Morgan fingerprint density at radius 3 is 2.64 bits per heavy atom. The second-order valence-corrected chi connectivity index (χ2v) is 5.70. The molecule has 1 atom stereocenters. The van der Waals surface area contributed by atoms with E-state index < -0.39 is 0 Å². The van der Waals surface area contributed by atoms with Gasteiger partial charge in [0.1, 0.15) is 0 Å². The van der Waals surface area contributed by atoms with Crippen molar-refractivity contribution in [3.63, 3.8) is 0 Å². The van der Waals surface area contributed by atoms with Crippen molar-refractivity contribution in [1.29, 1.82) is 0 Å². The summed E-state index contributed by atoms with van der Waals surface area (Å²) in [7, 11) is 0. The third-order valence-electron chi connectivity index (χ3n) is 4.13. The molecular formula is C18H20N4. The Bertz CT molecular complexity index is 763. The van der Waals surface area contributed by atoms with Crippen LogP contribution >= 0.6 is 0 Å². The molecule has 22 heavy (non-hydrogen) atoms. The molecule has 0 bridgehead atoms. The van der Waals surface area contributed by atoms with Gasteiger partial charge in [-0.25, -0.2) is 4.98 Å². The molecule has 1 N–H and O–H groups in total. The van der Waals surface area contributed by atoms with E-state index in [2.05, 4.69) is 52.0 Å². The van der Waals surface area contributed by atoms with Gasteiger partial charge in [0.2, 0.25) is 0 Å². The number of H-pyrrole nitrogens is 1. The molecule has 2 heterocycles. The van der Waals surface area contributed by atoms with E-state index in [1.807, 2.05) is 19.3 Å². The van der Waals surface area contributed by atoms with Crippen LogP contribution in [0.1, 0.15) is 39.7 Å². The van der Waals surface area contributed by atoms with Gasteiger partial charge in [-0.15, -0.1) is 0 Å². The van der Waals surface area contributed by atoms with Crippen molar-refractivity contribution >= 4 is 0 Å². The number of nitrogens with one attached hydrogen (secondary N) is 1. The topological polar surface area (TPSA) is 54.5 Å². The first kappa shape index (κ1) is 14.4. The molecule has 0 saturated heterocycles. The fraction of sp³-hybridized carbons (Fsp3) is 0.278. The maximum Gasteiger partial charge on any atom is 0.0921 e. The van der Waals surface area contributed by atoms with E-state index in [0.717, 1.165) is 23.5 Å². The molecule has 0 aliphatic heterocycles. The monoisotopic (exact) mass is 292 g/mol. The van der Waals surface area contributed by atoms with Crippen molar-refractivity contribution in [1.82, 2.24) is 19.9 Å². The van der Waals surface area contributed by atoms with E-state index in [1.165, 1.54) is 16.7 Å². The number of aromatic amines is 1. The zero-order chi connectivity index (χ0) is 15.5. The molecule has 0 aliphatic carbocycles. The quantitative estimate of drug-likeness (QED) is 0.800.